The van der Waals surface area contributed by atoms with Crippen LogP contribution in [0.2, 0.25) is 5.82 Å². The minimum absolute atomic E-state index is 1.29. The van der Waals surface area contributed by atoms with Gasteiger partial charge in [-0.05, 0) is 5.82 Å². The maximum Gasteiger partial charge on any atom is 0.454 e. The first-order valence-corrected chi connectivity index (χ1v) is 1.68. The van der Waals surface area contributed by atoms with E-state index in [2.05, 4.69) is 0 Å². The summed E-state index contributed by atoms with van der Waals surface area (Å²) in [7, 11) is -1.90. The van der Waals surface area contributed by atoms with Gasteiger partial charge in [0.2, 0.25) is 0 Å². The summed E-state index contributed by atoms with van der Waals surface area (Å²) in [5, 5.41) is 16.9. The van der Waals surface area contributed by atoms with Crippen LogP contribution in [0.15, 0.2) is 0 Å². The third kappa shape index (κ3) is 0.728. The van der Waals surface area contributed by atoms with Crippen LogP contribution < -0.4 is 0 Å². The molecule has 34 valence electrons. The Balaban J connectivity index is 2.72. The normalized spacial score (nSPS) is 47.7. The first kappa shape index (κ1) is 1.49. The zero-order chi connectivity index (χ0) is 8.15. The Hall–Kier alpha value is -0.0151. The van der Waals surface area contributed by atoms with Gasteiger partial charge in [0, 0.05) is 5.48 Å². The zero-order valence-electron chi connectivity index (χ0n) is 7.05. The molecule has 2 N–H and O–H groups in total. The van der Waals surface area contributed by atoms with Gasteiger partial charge < -0.3 is 10.0 Å². The Kier molecular flexibility index (Phi) is 0.309. The van der Waals surface area contributed by atoms with E-state index in [0.29, 0.717) is 0 Å². The molecule has 0 heterocycles. The second-order valence-corrected chi connectivity index (χ2v) is 1.18. The smallest absolute Gasteiger partial charge is 0.427 e. The topological polar surface area (TPSA) is 40.5 Å². The second kappa shape index (κ2) is 1.24. The van der Waals surface area contributed by atoms with Crippen molar-refractivity contribution in [2.45, 2.75) is 18.6 Å². The first-order valence-electron chi connectivity index (χ1n) is 3.68. The first-order chi connectivity index (χ1) is 4.32. The molecule has 0 aromatic heterocycles. The molecule has 0 bridgehead atoms. The molecule has 3 heteroatoms. The Morgan fingerprint density at radius 3 is 2.17 bits per heavy atom. The van der Waals surface area contributed by atoms with E-state index in [-0.39, 0.29) is 0 Å². The second-order valence-electron chi connectivity index (χ2n) is 1.18. The van der Waals surface area contributed by atoms with Crippen molar-refractivity contribution in [3.8, 4) is 0 Å². The third-order valence-corrected chi connectivity index (χ3v) is 0.609. The fraction of sp³-hybridized carbons (Fsp3) is 1.00. The standard InChI is InChI=1S/C3H7BO2/c5-4(6)3-1-2-3/h3,5-6H,1-2H2/i1D2,2D2. The number of hydrogen-bond acceptors (Lipinski definition) is 2. The van der Waals surface area contributed by atoms with Gasteiger partial charge in [-0.2, -0.15) is 0 Å². The molecular weight excluding hydrogens is 78.8 g/mol. The summed E-state index contributed by atoms with van der Waals surface area (Å²) in [6.07, 6.45) is -4.16. The molecular formula is C3H7BO2. The van der Waals surface area contributed by atoms with Crippen molar-refractivity contribution in [2.75, 3.05) is 0 Å². The lowest BCUT2D eigenvalue weighted by molar-refractivity contribution is 0.403. The third-order valence-electron chi connectivity index (χ3n) is 0.609. The highest BCUT2D eigenvalue weighted by Gasteiger charge is 2.33. The van der Waals surface area contributed by atoms with Crippen molar-refractivity contribution in [1.29, 1.82) is 0 Å². The van der Waals surface area contributed by atoms with Gasteiger partial charge in [0.1, 0.15) is 0 Å². The minimum atomic E-state index is -2.08. The van der Waals surface area contributed by atoms with Crippen LogP contribution >= 0.6 is 0 Å². The van der Waals surface area contributed by atoms with Gasteiger partial charge in [0.25, 0.3) is 0 Å². The molecule has 0 aromatic carbocycles. The van der Waals surface area contributed by atoms with Crippen molar-refractivity contribution < 1.29 is 15.5 Å². The Morgan fingerprint density at radius 2 is 2.17 bits per heavy atom. The fourth-order valence-electron chi connectivity index (χ4n) is 0.197. The van der Waals surface area contributed by atoms with E-state index in [4.69, 9.17) is 15.5 Å². The maximum absolute atomic E-state index is 8.44. The summed E-state index contributed by atoms with van der Waals surface area (Å²) in [6, 6.07) is 0. The number of rotatable bonds is 1. The predicted octanol–water partition coefficient (Wildman–Crippen LogP) is -0.377. The summed E-state index contributed by atoms with van der Waals surface area (Å²) in [5.74, 6) is -1.29. The minimum Gasteiger partial charge on any atom is -0.427 e. The van der Waals surface area contributed by atoms with Gasteiger partial charge in [0.05, 0.1) is 0 Å². The van der Waals surface area contributed by atoms with Crippen LogP contribution in [0, 0.1) is 0 Å². The van der Waals surface area contributed by atoms with Crippen LogP contribution in [-0.2, 0) is 0 Å². The molecule has 1 fully saturated rings. The van der Waals surface area contributed by atoms with Crippen LogP contribution in [0.5, 0.6) is 0 Å². The lowest BCUT2D eigenvalue weighted by Crippen LogP contribution is -2.09. The lowest BCUT2D eigenvalue weighted by Gasteiger charge is -1.84. The molecule has 0 radical (unpaired) electrons. The molecule has 1 rings (SSSR count). The predicted molar refractivity (Wildman–Crippen MR) is 23.2 cm³/mol. The Bertz CT molecular complexity index is 145. The van der Waals surface area contributed by atoms with Crippen LogP contribution in [0.3, 0.4) is 0 Å². The lowest BCUT2D eigenvalue weighted by atomic mass is 9.84. The van der Waals surface area contributed by atoms with E-state index in [1.165, 1.54) is 0 Å². The highest BCUT2D eigenvalue weighted by Crippen LogP contribution is 2.36. The molecule has 6 heavy (non-hydrogen) atoms. The van der Waals surface area contributed by atoms with Gasteiger partial charge in [0.15, 0.2) is 0 Å². The summed E-state index contributed by atoms with van der Waals surface area (Å²) < 4.78 is 27.6. The largest absolute Gasteiger partial charge is 0.454 e. The molecule has 0 spiro atoms. The molecule has 2 nitrogen and oxygen atoms in total. The van der Waals surface area contributed by atoms with E-state index in [0.717, 1.165) is 0 Å². The fourth-order valence-corrected chi connectivity index (χ4v) is 0.197. The van der Waals surface area contributed by atoms with Gasteiger partial charge in [-0.3, -0.25) is 0 Å². The summed E-state index contributed by atoms with van der Waals surface area (Å²) in [5.41, 5.74) is 0. The summed E-state index contributed by atoms with van der Waals surface area (Å²) in [4.78, 5) is 0. The molecule has 1 aliphatic carbocycles. The molecule has 1 aliphatic rings. The molecule has 0 amide bonds. The van der Waals surface area contributed by atoms with E-state index < -0.39 is 25.7 Å². The SMILES string of the molecule is [2H]C1([2H])C(B(O)O)C1([2H])[2H]. The molecule has 1 saturated carbocycles. The molecule has 0 saturated heterocycles. The van der Waals surface area contributed by atoms with Crippen LogP contribution in [-0.4, -0.2) is 17.2 Å². The van der Waals surface area contributed by atoms with E-state index in [1.54, 1.807) is 0 Å². The van der Waals surface area contributed by atoms with E-state index in [9.17, 15) is 0 Å². The van der Waals surface area contributed by atoms with Gasteiger partial charge in [-0.25, -0.2) is 0 Å². The van der Waals surface area contributed by atoms with Crippen molar-refractivity contribution in [3.63, 3.8) is 0 Å². The average molecular weight is 89.9 g/mol. The monoisotopic (exact) mass is 90.1 g/mol. The van der Waals surface area contributed by atoms with Crippen LogP contribution in [0.25, 0.3) is 0 Å². The van der Waals surface area contributed by atoms with Crippen LogP contribution in [0.1, 0.15) is 18.2 Å². The van der Waals surface area contributed by atoms with E-state index >= 15 is 0 Å². The quantitative estimate of drug-likeness (QED) is 0.431. The Morgan fingerprint density at radius 1 is 1.67 bits per heavy atom. The number of hydrogen-bond donors (Lipinski definition) is 2. The highest BCUT2D eigenvalue weighted by molar-refractivity contribution is 6.44. The molecule has 0 aromatic rings. The van der Waals surface area contributed by atoms with Gasteiger partial charge in [-0.15, -0.1) is 0 Å². The van der Waals surface area contributed by atoms with Crippen LogP contribution in [0.4, 0.5) is 0 Å². The van der Waals surface area contributed by atoms with Crippen molar-refractivity contribution in [2.24, 2.45) is 0 Å². The Labute approximate surface area is 42.6 Å². The van der Waals surface area contributed by atoms with E-state index in [1.807, 2.05) is 0 Å². The molecule has 0 unspecified atom stereocenters. The average Bonchev–Trinajstić information content (AvgIpc) is 1.97. The molecule has 0 aliphatic heterocycles. The van der Waals surface area contributed by atoms with Crippen molar-refractivity contribution in [1.82, 2.24) is 0 Å². The maximum atomic E-state index is 8.44. The highest BCUT2D eigenvalue weighted by atomic mass is 16.4. The zero-order valence-corrected chi connectivity index (χ0v) is 3.05. The van der Waals surface area contributed by atoms with Gasteiger partial charge in [-0.1, -0.05) is 12.7 Å². The summed E-state index contributed by atoms with van der Waals surface area (Å²) in [6.45, 7) is 0. The summed E-state index contributed by atoms with van der Waals surface area (Å²) >= 11 is 0. The van der Waals surface area contributed by atoms with Gasteiger partial charge >= 0.3 is 7.12 Å². The van der Waals surface area contributed by atoms with Crippen molar-refractivity contribution >= 4 is 7.12 Å². The van der Waals surface area contributed by atoms with Crippen molar-refractivity contribution in [3.05, 3.63) is 0 Å². The molecule has 0 atom stereocenters.